The van der Waals surface area contributed by atoms with Gasteiger partial charge in [0.2, 0.25) is 0 Å². The van der Waals surface area contributed by atoms with Crippen molar-refractivity contribution in [3.05, 3.63) is 234 Å². The molecule has 0 radical (unpaired) electrons. The molecule has 5 nitrogen and oxygen atoms in total. The zero-order valence-corrected chi connectivity index (χ0v) is 41.2. The van der Waals surface area contributed by atoms with Gasteiger partial charge in [0.05, 0.1) is 22.4 Å². The molecular weight excluding hydrogens is 891 g/mol. The van der Waals surface area contributed by atoms with E-state index in [4.69, 9.17) is 12.9 Å². The second-order valence-corrected chi connectivity index (χ2v) is 20.0. The standard InChI is InChI=1S/C68H51N3O2/c1-40-29-41(2)32-53(31-40)69(61-21-11-19-58-56-17-9-13-44(5)65(56)72-67(58)61)50-26-24-48-37-60-55-28-27-52(39-64(55)71(63(60)38-49(48)36-50)51-25-23-46-15-7-8-16-47(46)35-51)70(54-33-42(3)30-43(4)34-54)62-22-12-20-59-57-18-10-14-45(6)66(57)73-68(59)62/h7-39H,1-6H3/i5D3. The molecule has 73 heavy (non-hydrogen) atoms. The van der Waals surface area contributed by atoms with Crippen LogP contribution in [0.1, 0.15) is 37.5 Å². The van der Waals surface area contributed by atoms with E-state index in [1.807, 2.05) is 18.2 Å². The first-order valence-corrected chi connectivity index (χ1v) is 25.0. The van der Waals surface area contributed by atoms with E-state index in [1.165, 1.54) is 16.5 Å². The molecule has 14 aromatic rings. The van der Waals surface area contributed by atoms with E-state index in [0.717, 1.165) is 127 Å². The summed E-state index contributed by atoms with van der Waals surface area (Å²) in [5.41, 5.74) is 17.6. The van der Waals surface area contributed by atoms with Crippen LogP contribution < -0.4 is 9.80 Å². The number of nitrogens with zero attached hydrogens (tertiary/aromatic N) is 3. The second kappa shape index (κ2) is 16.2. The molecule has 0 amide bonds. The Kier molecular flexibility index (Phi) is 8.82. The first kappa shape index (κ1) is 39.6. The molecule has 11 aromatic carbocycles. The molecule has 0 aliphatic rings. The third-order valence-corrected chi connectivity index (χ3v) is 14.8. The van der Waals surface area contributed by atoms with Crippen LogP contribution in [0.15, 0.2) is 209 Å². The molecule has 0 bridgehead atoms. The summed E-state index contributed by atoms with van der Waals surface area (Å²) in [7, 11) is 0. The van der Waals surface area contributed by atoms with Crippen molar-refractivity contribution in [1.82, 2.24) is 4.57 Å². The summed E-state index contributed by atoms with van der Waals surface area (Å²) >= 11 is 0. The molecule has 0 atom stereocenters. The first-order chi connectivity index (χ1) is 36.8. The highest BCUT2D eigenvalue weighted by Gasteiger charge is 2.25. The number of fused-ring (bicyclic) bond motifs is 11. The van der Waals surface area contributed by atoms with Gasteiger partial charge in [0.15, 0.2) is 11.2 Å². The minimum atomic E-state index is -2.34. The summed E-state index contributed by atoms with van der Waals surface area (Å²) in [6, 6.07) is 71.2. The number of rotatable bonds is 7. The van der Waals surface area contributed by atoms with Crippen molar-refractivity contribution in [2.45, 2.75) is 41.5 Å². The molecule has 3 heterocycles. The number of aromatic nitrogens is 1. The normalized spacial score (nSPS) is 12.8. The van der Waals surface area contributed by atoms with Crippen LogP contribution in [0.3, 0.4) is 0 Å². The molecule has 0 unspecified atom stereocenters. The van der Waals surface area contributed by atoms with Crippen LogP contribution in [0.25, 0.3) is 92.9 Å². The SMILES string of the molecule is [2H]C([2H])([2H])c1cccc2c1oc1c(N(c3cc(C)cc(C)c3)c3ccc4cc5c6ccc(N(c7cc(C)cc(C)c7)c7cccc8c7oc7c(C)cccc78)cc6n(-c6ccc7ccccc7c6)c5cc4c3)cccc12. The van der Waals surface area contributed by atoms with Crippen molar-refractivity contribution in [1.29, 1.82) is 0 Å². The number of benzene rings is 11. The lowest BCUT2D eigenvalue weighted by Crippen LogP contribution is -2.11. The summed E-state index contributed by atoms with van der Waals surface area (Å²) in [4.78, 5) is 4.61. The van der Waals surface area contributed by atoms with Crippen molar-refractivity contribution in [3.63, 3.8) is 0 Å². The molecule has 5 heteroatoms. The van der Waals surface area contributed by atoms with E-state index in [1.54, 1.807) is 12.1 Å². The summed E-state index contributed by atoms with van der Waals surface area (Å²) in [6.07, 6.45) is 0. The fourth-order valence-corrected chi connectivity index (χ4v) is 11.7. The summed E-state index contributed by atoms with van der Waals surface area (Å²) in [5.74, 6) is 0. The van der Waals surface area contributed by atoms with Crippen LogP contribution in [-0.4, -0.2) is 4.57 Å². The highest BCUT2D eigenvalue weighted by Crippen LogP contribution is 2.47. The summed E-state index contributed by atoms with van der Waals surface area (Å²) < 4.78 is 41.2. The zero-order chi connectivity index (χ0) is 51.7. The number of hydrogen-bond donors (Lipinski definition) is 0. The maximum absolute atomic E-state index is 8.38. The highest BCUT2D eigenvalue weighted by molar-refractivity contribution is 6.17. The lowest BCUT2D eigenvalue weighted by molar-refractivity contribution is 0.665. The lowest BCUT2D eigenvalue weighted by atomic mass is 10.0. The fourth-order valence-electron chi connectivity index (χ4n) is 11.7. The van der Waals surface area contributed by atoms with Crippen molar-refractivity contribution in [2.24, 2.45) is 0 Å². The van der Waals surface area contributed by atoms with E-state index < -0.39 is 6.85 Å². The van der Waals surface area contributed by atoms with Gasteiger partial charge in [-0.05, 0) is 181 Å². The average Bonchev–Trinajstić information content (AvgIpc) is 4.14. The molecule has 0 spiro atoms. The Labute approximate surface area is 427 Å². The smallest absolute Gasteiger partial charge is 0.159 e. The predicted octanol–water partition coefficient (Wildman–Crippen LogP) is 19.7. The first-order valence-electron chi connectivity index (χ1n) is 26.5. The Balaban J connectivity index is 1.02. The van der Waals surface area contributed by atoms with Crippen LogP contribution in [0.2, 0.25) is 0 Å². The van der Waals surface area contributed by atoms with Crippen molar-refractivity contribution >= 4 is 121 Å². The minimum absolute atomic E-state index is 0.199. The van der Waals surface area contributed by atoms with Gasteiger partial charge in [-0.3, -0.25) is 0 Å². The minimum Gasteiger partial charge on any atom is -0.454 e. The number of furan rings is 2. The quantitative estimate of drug-likeness (QED) is 0.160. The second-order valence-electron chi connectivity index (χ2n) is 20.0. The molecule has 0 aliphatic heterocycles. The van der Waals surface area contributed by atoms with Crippen molar-refractivity contribution in [2.75, 3.05) is 9.80 Å². The van der Waals surface area contributed by atoms with Gasteiger partial charge in [-0.15, -0.1) is 0 Å². The molecule has 0 aliphatic carbocycles. The highest BCUT2D eigenvalue weighted by atomic mass is 16.3. The van der Waals surface area contributed by atoms with Gasteiger partial charge in [-0.2, -0.15) is 0 Å². The molecule has 0 saturated carbocycles. The van der Waals surface area contributed by atoms with Gasteiger partial charge in [0, 0.05) is 64.9 Å². The van der Waals surface area contributed by atoms with Crippen LogP contribution >= 0.6 is 0 Å². The van der Waals surface area contributed by atoms with E-state index in [0.29, 0.717) is 11.2 Å². The van der Waals surface area contributed by atoms with Crippen LogP contribution in [-0.2, 0) is 0 Å². The number of aryl methyl sites for hydroxylation is 6. The Morgan fingerprint density at radius 2 is 0.849 bits per heavy atom. The monoisotopic (exact) mass is 944 g/mol. The van der Waals surface area contributed by atoms with Crippen LogP contribution in [0.4, 0.5) is 34.1 Å². The molecule has 0 fully saturated rings. The zero-order valence-electron chi connectivity index (χ0n) is 44.2. The predicted molar refractivity (Wildman–Crippen MR) is 308 cm³/mol. The van der Waals surface area contributed by atoms with Gasteiger partial charge in [0.25, 0.3) is 0 Å². The Bertz CT molecular complexity index is 4690. The van der Waals surface area contributed by atoms with Crippen LogP contribution in [0.5, 0.6) is 0 Å². The Hall–Kier alpha value is -9.06. The molecule has 3 aromatic heterocycles. The van der Waals surface area contributed by atoms with Crippen LogP contribution in [0, 0.1) is 41.5 Å². The Morgan fingerprint density at radius 3 is 1.48 bits per heavy atom. The van der Waals surface area contributed by atoms with E-state index in [9.17, 15) is 0 Å². The summed E-state index contributed by atoms with van der Waals surface area (Å²) in [5, 5.41) is 10.6. The van der Waals surface area contributed by atoms with Crippen molar-refractivity contribution in [3.8, 4) is 5.69 Å². The van der Waals surface area contributed by atoms with Gasteiger partial charge in [-0.1, -0.05) is 115 Å². The van der Waals surface area contributed by atoms with Crippen molar-refractivity contribution < 1.29 is 12.9 Å². The maximum atomic E-state index is 8.38. The molecular formula is C68H51N3O2. The topological polar surface area (TPSA) is 37.7 Å². The van der Waals surface area contributed by atoms with Gasteiger partial charge in [-0.25, -0.2) is 0 Å². The maximum Gasteiger partial charge on any atom is 0.159 e. The Morgan fingerprint density at radius 1 is 0.342 bits per heavy atom. The third kappa shape index (κ3) is 6.83. The van der Waals surface area contributed by atoms with E-state index in [-0.39, 0.29) is 5.56 Å². The molecule has 350 valence electrons. The van der Waals surface area contributed by atoms with Gasteiger partial charge >= 0.3 is 0 Å². The number of anilines is 6. The average molecular weight is 945 g/mol. The summed E-state index contributed by atoms with van der Waals surface area (Å²) in [6.45, 7) is 8.33. The fraction of sp³-hybridized carbons (Fsp3) is 0.0882. The lowest BCUT2D eigenvalue weighted by Gasteiger charge is -2.26. The number of hydrogen-bond acceptors (Lipinski definition) is 4. The van der Waals surface area contributed by atoms with Gasteiger partial charge in [0.1, 0.15) is 11.2 Å². The number of para-hydroxylation sites is 4. The largest absolute Gasteiger partial charge is 0.454 e. The van der Waals surface area contributed by atoms with Gasteiger partial charge < -0.3 is 23.2 Å². The molecule has 0 N–H and O–H groups in total. The van der Waals surface area contributed by atoms with E-state index >= 15 is 0 Å². The van der Waals surface area contributed by atoms with E-state index in [2.05, 4.69) is 219 Å². The molecule has 14 rings (SSSR count). The molecule has 0 saturated heterocycles. The third-order valence-electron chi connectivity index (χ3n) is 14.8.